The number of aryl methyl sites for hydroxylation is 1. The van der Waals surface area contributed by atoms with Crippen LogP contribution in [0.2, 0.25) is 0 Å². The van der Waals surface area contributed by atoms with Crippen LogP contribution in [0.3, 0.4) is 0 Å². The Labute approximate surface area is 115 Å². The molecular formula is C14H22N2O2S. The summed E-state index contributed by atoms with van der Waals surface area (Å²) in [6.07, 6.45) is 1.74. The fraction of sp³-hybridized carbons (Fsp3) is 0.571. The molecule has 0 spiro atoms. The van der Waals surface area contributed by atoms with Gasteiger partial charge in [-0.3, -0.25) is 0 Å². The third kappa shape index (κ3) is 3.48. The summed E-state index contributed by atoms with van der Waals surface area (Å²) in [6.45, 7) is 5.03. The Kier molecular flexibility index (Phi) is 4.47. The Morgan fingerprint density at radius 2 is 1.89 bits per heavy atom. The monoisotopic (exact) mass is 282 g/mol. The summed E-state index contributed by atoms with van der Waals surface area (Å²) < 4.78 is 25.2. The van der Waals surface area contributed by atoms with Crippen molar-refractivity contribution >= 4 is 15.7 Å². The minimum absolute atomic E-state index is 0.197. The highest BCUT2D eigenvalue weighted by Crippen LogP contribution is 2.20. The molecule has 0 amide bonds. The number of para-hydroxylation sites is 1. The van der Waals surface area contributed by atoms with Crippen LogP contribution in [-0.2, 0) is 10.0 Å². The molecule has 0 atom stereocenters. The first-order valence-corrected chi connectivity index (χ1v) is 8.44. The minimum Gasteiger partial charge on any atom is -0.382 e. The van der Waals surface area contributed by atoms with Crippen molar-refractivity contribution in [3.63, 3.8) is 0 Å². The maximum atomic E-state index is 11.8. The number of nitrogens with one attached hydrogen (secondary N) is 1. The molecule has 0 radical (unpaired) electrons. The van der Waals surface area contributed by atoms with Crippen molar-refractivity contribution in [2.24, 2.45) is 0 Å². The first kappa shape index (κ1) is 14.3. The van der Waals surface area contributed by atoms with Gasteiger partial charge in [-0.2, -0.15) is 0 Å². The van der Waals surface area contributed by atoms with Gasteiger partial charge >= 0.3 is 0 Å². The quantitative estimate of drug-likeness (QED) is 0.921. The van der Waals surface area contributed by atoms with Gasteiger partial charge in [0.2, 0.25) is 10.0 Å². The van der Waals surface area contributed by atoms with E-state index in [-0.39, 0.29) is 5.75 Å². The number of nitrogens with zero attached hydrogens (tertiary/aromatic N) is 1. The summed E-state index contributed by atoms with van der Waals surface area (Å²) >= 11 is 0. The minimum atomic E-state index is -3.02. The largest absolute Gasteiger partial charge is 0.382 e. The molecule has 1 aliphatic rings. The van der Waals surface area contributed by atoms with Crippen molar-refractivity contribution in [1.82, 2.24) is 4.31 Å². The second kappa shape index (κ2) is 5.92. The molecule has 19 heavy (non-hydrogen) atoms. The summed E-state index contributed by atoms with van der Waals surface area (Å²) in [5.74, 6) is 0.197. The highest BCUT2D eigenvalue weighted by molar-refractivity contribution is 7.89. The number of hydrogen-bond acceptors (Lipinski definition) is 3. The molecule has 1 N–H and O–H groups in total. The van der Waals surface area contributed by atoms with Gasteiger partial charge in [-0.05, 0) is 38.3 Å². The van der Waals surface area contributed by atoms with Crippen LogP contribution < -0.4 is 5.32 Å². The van der Waals surface area contributed by atoms with Crippen molar-refractivity contribution in [2.75, 3.05) is 24.2 Å². The van der Waals surface area contributed by atoms with Gasteiger partial charge in [-0.25, -0.2) is 12.7 Å². The van der Waals surface area contributed by atoms with Gasteiger partial charge < -0.3 is 5.32 Å². The predicted molar refractivity (Wildman–Crippen MR) is 78.9 cm³/mol. The highest BCUT2D eigenvalue weighted by atomic mass is 32.2. The van der Waals surface area contributed by atoms with Crippen LogP contribution in [0.15, 0.2) is 24.3 Å². The lowest BCUT2D eigenvalue weighted by Gasteiger charge is -2.32. The van der Waals surface area contributed by atoms with Crippen LogP contribution in [0.4, 0.5) is 5.69 Å². The average molecular weight is 282 g/mol. The summed E-state index contributed by atoms with van der Waals surface area (Å²) in [5.41, 5.74) is 2.38. The van der Waals surface area contributed by atoms with E-state index in [1.54, 1.807) is 11.2 Å². The molecule has 1 saturated heterocycles. The van der Waals surface area contributed by atoms with E-state index < -0.39 is 10.0 Å². The zero-order valence-corrected chi connectivity index (χ0v) is 12.4. The summed E-state index contributed by atoms with van der Waals surface area (Å²) in [5, 5.41) is 3.52. The van der Waals surface area contributed by atoms with Crippen LogP contribution in [0.1, 0.15) is 25.3 Å². The number of benzene rings is 1. The number of rotatable bonds is 4. The van der Waals surface area contributed by atoms with Gasteiger partial charge in [0.05, 0.1) is 5.75 Å². The van der Waals surface area contributed by atoms with Crippen LogP contribution in [-0.4, -0.2) is 37.6 Å². The molecule has 5 heteroatoms. The van der Waals surface area contributed by atoms with Gasteiger partial charge in [0, 0.05) is 24.8 Å². The van der Waals surface area contributed by atoms with E-state index in [0.29, 0.717) is 19.1 Å². The second-order valence-electron chi connectivity index (χ2n) is 5.03. The molecule has 0 saturated carbocycles. The fourth-order valence-electron chi connectivity index (χ4n) is 2.42. The van der Waals surface area contributed by atoms with Gasteiger partial charge in [-0.1, -0.05) is 18.2 Å². The van der Waals surface area contributed by atoms with Crippen molar-refractivity contribution in [2.45, 2.75) is 32.7 Å². The van der Waals surface area contributed by atoms with E-state index in [2.05, 4.69) is 24.4 Å². The Bertz CT molecular complexity index is 520. The van der Waals surface area contributed by atoms with E-state index in [0.717, 1.165) is 18.5 Å². The van der Waals surface area contributed by atoms with Crippen molar-refractivity contribution in [3.05, 3.63) is 29.8 Å². The molecule has 1 aromatic carbocycles. The molecule has 0 unspecified atom stereocenters. The van der Waals surface area contributed by atoms with Crippen molar-refractivity contribution in [1.29, 1.82) is 0 Å². The molecule has 2 rings (SSSR count). The first-order chi connectivity index (χ1) is 9.03. The average Bonchev–Trinajstić information content (AvgIpc) is 2.42. The lowest BCUT2D eigenvalue weighted by molar-refractivity contribution is 0.330. The molecule has 0 aliphatic carbocycles. The summed E-state index contributed by atoms with van der Waals surface area (Å²) in [7, 11) is -3.02. The van der Waals surface area contributed by atoms with Gasteiger partial charge in [-0.15, -0.1) is 0 Å². The number of piperidine rings is 1. The topological polar surface area (TPSA) is 49.4 Å². The van der Waals surface area contributed by atoms with E-state index in [9.17, 15) is 8.42 Å². The Morgan fingerprint density at radius 3 is 2.47 bits per heavy atom. The Morgan fingerprint density at radius 1 is 1.26 bits per heavy atom. The van der Waals surface area contributed by atoms with Crippen LogP contribution in [0.25, 0.3) is 0 Å². The van der Waals surface area contributed by atoms with E-state index in [4.69, 9.17) is 0 Å². The molecule has 1 fully saturated rings. The zero-order valence-electron chi connectivity index (χ0n) is 11.6. The van der Waals surface area contributed by atoms with Crippen LogP contribution in [0, 0.1) is 6.92 Å². The van der Waals surface area contributed by atoms with E-state index >= 15 is 0 Å². The standard InChI is InChI=1S/C14H22N2O2S/c1-3-19(17,18)16-10-8-13(9-11-16)15-14-7-5-4-6-12(14)2/h4-7,13,15H,3,8-11H2,1-2H3. The lowest BCUT2D eigenvalue weighted by atomic mass is 10.1. The lowest BCUT2D eigenvalue weighted by Crippen LogP contribution is -2.43. The van der Waals surface area contributed by atoms with E-state index in [1.165, 1.54) is 5.56 Å². The number of anilines is 1. The number of sulfonamides is 1. The second-order valence-corrected chi connectivity index (χ2v) is 7.29. The molecule has 0 aromatic heterocycles. The maximum Gasteiger partial charge on any atom is 0.213 e. The number of hydrogen-bond donors (Lipinski definition) is 1. The molecule has 0 bridgehead atoms. The SMILES string of the molecule is CCS(=O)(=O)N1CCC(Nc2ccccc2C)CC1. The maximum absolute atomic E-state index is 11.8. The Hall–Kier alpha value is -1.07. The summed E-state index contributed by atoms with van der Waals surface area (Å²) in [4.78, 5) is 0. The third-order valence-corrected chi connectivity index (χ3v) is 5.60. The molecule has 1 aromatic rings. The van der Waals surface area contributed by atoms with E-state index in [1.807, 2.05) is 12.1 Å². The van der Waals surface area contributed by atoms with Gasteiger partial charge in [0.25, 0.3) is 0 Å². The third-order valence-electron chi connectivity index (χ3n) is 3.72. The first-order valence-electron chi connectivity index (χ1n) is 6.83. The van der Waals surface area contributed by atoms with Gasteiger partial charge in [0.1, 0.15) is 0 Å². The van der Waals surface area contributed by atoms with Crippen molar-refractivity contribution in [3.8, 4) is 0 Å². The van der Waals surface area contributed by atoms with Crippen LogP contribution in [0.5, 0.6) is 0 Å². The summed E-state index contributed by atoms with van der Waals surface area (Å²) in [6, 6.07) is 8.57. The molecule has 4 nitrogen and oxygen atoms in total. The van der Waals surface area contributed by atoms with Crippen molar-refractivity contribution < 1.29 is 8.42 Å². The Balaban J connectivity index is 1.93. The molecule has 1 aliphatic heterocycles. The van der Waals surface area contributed by atoms with Gasteiger partial charge in [0.15, 0.2) is 0 Å². The molecule has 106 valence electrons. The smallest absolute Gasteiger partial charge is 0.213 e. The zero-order chi connectivity index (χ0) is 13.9. The molecular weight excluding hydrogens is 260 g/mol. The predicted octanol–water partition coefficient (Wildman–Crippen LogP) is 2.22. The fourth-order valence-corrected chi connectivity index (χ4v) is 3.55. The normalized spacial score (nSPS) is 18.4. The highest BCUT2D eigenvalue weighted by Gasteiger charge is 2.26. The molecule has 1 heterocycles. The van der Waals surface area contributed by atoms with Crippen LogP contribution >= 0.6 is 0 Å².